The van der Waals surface area contributed by atoms with E-state index in [-0.39, 0.29) is 30.6 Å². The Morgan fingerprint density at radius 3 is 1.79 bits per heavy atom. The lowest BCUT2D eigenvalue weighted by Gasteiger charge is -2.31. The van der Waals surface area contributed by atoms with Crippen LogP contribution in [0.15, 0.2) is 85.0 Å². The zero-order chi connectivity index (χ0) is 34.7. The van der Waals surface area contributed by atoms with Gasteiger partial charge in [0.15, 0.2) is 0 Å². The molecule has 0 radical (unpaired) electrons. The number of esters is 2. The Kier molecular flexibility index (Phi) is 10.3. The topological polar surface area (TPSA) is 85.4 Å². The van der Waals surface area contributed by atoms with Crippen molar-refractivity contribution in [3.63, 3.8) is 0 Å². The molecule has 1 amide bonds. The van der Waals surface area contributed by atoms with Crippen molar-refractivity contribution in [3.05, 3.63) is 96.1 Å². The lowest BCUT2D eigenvalue weighted by molar-refractivity contribution is -0.166. The molecule has 5 atom stereocenters. The summed E-state index contributed by atoms with van der Waals surface area (Å²) in [5.74, 6) is 0.0822. The second-order valence-corrected chi connectivity index (χ2v) is 15.7. The fourth-order valence-corrected chi connectivity index (χ4v) is 7.28. The molecule has 2 aliphatic carbocycles. The minimum atomic E-state index is -0.737. The van der Waals surface area contributed by atoms with Crippen LogP contribution in [0.3, 0.4) is 0 Å². The van der Waals surface area contributed by atoms with E-state index in [0.717, 1.165) is 31.5 Å². The van der Waals surface area contributed by atoms with Crippen LogP contribution in [-0.4, -0.2) is 65.2 Å². The lowest BCUT2D eigenvalue weighted by Crippen LogP contribution is -2.41. The van der Waals surface area contributed by atoms with Crippen molar-refractivity contribution >= 4 is 18.0 Å². The highest BCUT2D eigenvalue weighted by Gasteiger charge is 2.56. The molecule has 2 aromatic carbocycles. The summed E-state index contributed by atoms with van der Waals surface area (Å²) in [5.41, 5.74) is 0.0575. The largest absolute Gasteiger partial charge is 0.459 e. The van der Waals surface area contributed by atoms with E-state index in [4.69, 9.17) is 14.2 Å². The van der Waals surface area contributed by atoms with Crippen molar-refractivity contribution in [1.29, 1.82) is 0 Å². The highest BCUT2D eigenvalue weighted by Crippen LogP contribution is 2.48. The Hall–Kier alpha value is -3.91. The van der Waals surface area contributed by atoms with Gasteiger partial charge in [-0.25, -0.2) is 4.79 Å². The van der Waals surface area contributed by atoms with Crippen molar-refractivity contribution < 1.29 is 28.6 Å². The average molecular weight is 657 g/mol. The van der Waals surface area contributed by atoms with Crippen LogP contribution in [0.25, 0.3) is 0 Å². The standard InChI is InChI=1S/C20H25NO4.C20H27NO2/c1-19(2,3)25-17(22)20-11-7-10-16(20)12-21(14-20)18(23)24-13-15-8-5-4-6-9-15;1-15(16-9-6-5-7-10-16)21-13-17-11-8-12-20(17,14-21)18(22)23-19(2,3)4/h4-9,11,16H,10,12-14H2,1-3H3;5-10,12,15,17H,11,13-14H2,1-4H3/t16-,20-;15-,17-,20-/m11/s1. The lowest BCUT2D eigenvalue weighted by atomic mass is 9.81. The molecule has 0 saturated carbocycles. The smallest absolute Gasteiger partial charge is 0.410 e. The van der Waals surface area contributed by atoms with Gasteiger partial charge in [0.2, 0.25) is 0 Å². The van der Waals surface area contributed by atoms with Gasteiger partial charge in [-0.2, -0.15) is 0 Å². The van der Waals surface area contributed by atoms with Gasteiger partial charge < -0.3 is 19.1 Å². The van der Waals surface area contributed by atoms with E-state index >= 15 is 0 Å². The number of hydrogen-bond acceptors (Lipinski definition) is 7. The van der Waals surface area contributed by atoms with Crippen LogP contribution in [0.4, 0.5) is 4.79 Å². The second kappa shape index (κ2) is 13.9. The molecule has 2 fully saturated rings. The summed E-state index contributed by atoms with van der Waals surface area (Å²) >= 11 is 0. The summed E-state index contributed by atoms with van der Waals surface area (Å²) in [6, 6.07) is 20.4. The minimum absolute atomic E-state index is 0.0617. The molecule has 2 aliphatic heterocycles. The molecule has 8 heteroatoms. The summed E-state index contributed by atoms with van der Waals surface area (Å²) in [4.78, 5) is 42.1. The average Bonchev–Trinajstić information content (AvgIpc) is 3.79. The van der Waals surface area contributed by atoms with E-state index < -0.39 is 22.0 Å². The molecule has 4 aliphatic rings. The number of fused-ring (bicyclic) bond motifs is 2. The maximum absolute atomic E-state index is 12.9. The van der Waals surface area contributed by atoms with Crippen LogP contribution in [0.1, 0.15) is 78.5 Å². The van der Waals surface area contributed by atoms with Crippen molar-refractivity contribution in [2.75, 3.05) is 26.2 Å². The van der Waals surface area contributed by atoms with E-state index in [2.05, 4.69) is 48.2 Å². The van der Waals surface area contributed by atoms with Gasteiger partial charge in [0.05, 0.1) is 0 Å². The number of allylic oxidation sites excluding steroid dienone is 2. The SMILES string of the molecule is CC(C)(C)OC(=O)[C@@]12C=CC[C@@H]1CN(C(=O)OCc1ccccc1)C2.C[C@H](c1ccccc1)N1C[C@H]2CC=C[C@@]2(C(=O)OC(C)(C)C)C1. The molecule has 2 heterocycles. The molecule has 0 N–H and O–H groups in total. The molecule has 2 aromatic rings. The summed E-state index contributed by atoms with van der Waals surface area (Å²) in [7, 11) is 0. The quantitative estimate of drug-likeness (QED) is 0.181. The van der Waals surface area contributed by atoms with Gasteiger partial charge in [0, 0.05) is 38.1 Å². The predicted octanol–water partition coefficient (Wildman–Crippen LogP) is 7.51. The molecule has 0 unspecified atom stereocenters. The number of nitrogens with zero attached hydrogens (tertiary/aromatic N) is 2. The fourth-order valence-electron chi connectivity index (χ4n) is 7.28. The molecule has 8 nitrogen and oxygen atoms in total. The van der Waals surface area contributed by atoms with Crippen molar-refractivity contribution in [1.82, 2.24) is 9.80 Å². The number of amides is 1. The fraction of sp³-hybridized carbons (Fsp3) is 0.525. The minimum Gasteiger partial charge on any atom is -0.459 e. The Bertz CT molecular complexity index is 1510. The van der Waals surface area contributed by atoms with Crippen molar-refractivity contribution in [2.45, 2.75) is 85.2 Å². The third-order valence-electron chi connectivity index (χ3n) is 9.79. The van der Waals surface area contributed by atoms with Crippen molar-refractivity contribution in [2.24, 2.45) is 22.7 Å². The number of carbonyl (C=O) groups excluding carboxylic acids is 3. The van der Waals surface area contributed by atoms with Crippen LogP contribution in [0.5, 0.6) is 0 Å². The molecule has 0 aromatic heterocycles. The predicted molar refractivity (Wildman–Crippen MR) is 186 cm³/mol. The zero-order valence-electron chi connectivity index (χ0n) is 29.6. The number of rotatable bonds is 6. The number of carbonyl (C=O) groups is 3. The summed E-state index contributed by atoms with van der Waals surface area (Å²) in [6.45, 7) is 16.4. The van der Waals surface area contributed by atoms with Gasteiger partial charge >= 0.3 is 18.0 Å². The normalized spacial score (nSPS) is 26.7. The van der Waals surface area contributed by atoms with Gasteiger partial charge in [-0.3, -0.25) is 14.5 Å². The van der Waals surface area contributed by atoms with Gasteiger partial charge in [-0.15, -0.1) is 0 Å². The Morgan fingerprint density at radius 2 is 1.25 bits per heavy atom. The second-order valence-electron chi connectivity index (χ2n) is 15.7. The molecule has 0 bridgehead atoms. The van der Waals surface area contributed by atoms with Gasteiger partial charge in [-0.1, -0.05) is 85.0 Å². The summed E-state index contributed by atoms with van der Waals surface area (Å²) in [6.07, 6.45) is 9.55. The van der Waals surface area contributed by atoms with Crippen LogP contribution in [0, 0.1) is 22.7 Å². The first kappa shape index (κ1) is 35.4. The summed E-state index contributed by atoms with van der Waals surface area (Å²) in [5, 5.41) is 0. The summed E-state index contributed by atoms with van der Waals surface area (Å²) < 4.78 is 16.8. The third-order valence-corrected chi connectivity index (χ3v) is 9.79. The van der Waals surface area contributed by atoms with E-state index in [1.54, 1.807) is 4.90 Å². The number of likely N-dealkylation sites (tertiary alicyclic amines) is 2. The molecule has 0 spiro atoms. The zero-order valence-corrected chi connectivity index (χ0v) is 29.6. The van der Waals surface area contributed by atoms with Crippen LogP contribution >= 0.6 is 0 Å². The van der Waals surface area contributed by atoms with Gasteiger partial charge in [-0.05, 0) is 78.4 Å². The van der Waals surface area contributed by atoms with Crippen molar-refractivity contribution in [3.8, 4) is 0 Å². The van der Waals surface area contributed by atoms with Crippen LogP contribution in [-0.2, 0) is 30.4 Å². The molecule has 48 heavy (non-hydrogen) atoms. The van der Waals surface area contributed by atoms with E-state index in [1.807, 2.05) is 90.1 Å². The Labute approximate surface area is 286 Å². The van der Waals surface area contributed by atoms with E-state index in [0.29, 0.717) is 25.0 Å². The monoisotopic (exact) mass is 656 g/mol. The first-order valence-electron chi connectivity index (χ1n) is 17.2. The van der Waals surface area contributed by atoms with E-state index in [9.17, 15) is 14.4 Å². The molecule has 2 saturated heterocycles. The number of hydrogen-bond donors (Lipinski definition) is 0. The molecule has 6 rings (SSSR count). The van der Waals surface area contributed by atoms with Crippen LogP contribution in [0.2, 0.25) is 0 Å². The Morgan fingerprint density at radius 1 is 0.750 bits per heavy atom. The van der Waals surface area contributed by atoms with Gasteiger partial charge in [0.25, 0.3) is 0 Å². The Balaban J connectivity index is 0.000000188. The molecule has 258 valence electrons. The number of benzene rings is 2. The van der Waals surface area contributed by atoms with Crippen LogP contribution < -0.4 is 0 Å². The molecular weight excluding hydrogens is 604 g/mol. The first-order chi connectivity index (χ1) is 22.6. The number of ether oxygens (including phenoxy) is 3. The highest BCUT2D eigenvalue weighted by molar-refractivity contribution is 5.83. The maximum Gasteiger partial charge on any atom is 0.410 e. The third kappa shape index (κ3) is 7.86. The maximum atomic E-state index is 12.9. The first-order valence-corrected chi connectivity index (χ1v) is 17.2. The van der Waals surface area contributed by atoms with E-state index in [1.165, 1.54) is 5.56 Å². The highest BCUT2D eigenvalue weighted by atomic mass is 16.6. The molecular formula is C40H52N2O6. The van der Waals surface area contributed by atoms with Gasteiger partial charge in [0.1, 0.15) is 28.6 Å².